The van der Waals surface area contributed by atoms with Gasteiger partial charge in [-0.25, -0.2) is 0 Å². The fourth-order valence-corrected chi connectivity index (χ4v) is 3.63. The number of aryl methyl sites for hydroxylation is 1. The summed E-state index contributed by atoms with van der Waals surface area (Å²) in [5.41, 5.74) is -0.216. The number of fused-ring (bicyclic) bond motifs is 2. The van der Waals surface area contributed by atoms with Gasteiger partial charge in [0, 0.05) is 24.7 Å². The number of carbonyl (C=O) groups excluding carboxylic acids is 1. The van der Waals surface area contributed by atoms with Gasteiger partial charge in [-0.15, -0.1) is 0 Å². The number of carbonyl (C=O) groups is 1. The maximum absolute atomic E-state index is 12.8. The third-order valence-corrected chi connectivity index (χ3v) is 5.03. The van der Waals surface area contributed by atoms with Gasteiger partial charge in [-0.3, -0.25) is 4.79 Å². The molecule has 0 unspecified atom stereocenters. The van der Waals surface area contributed by atoms with Crippen LogP contribution in [0.4, 0.5) is 13.2 Å². The predicted molar refractivity (Wildman–Crippen MR) is 88.3 cm³/mol. The molecule has 0 saturated heterocycles. The average Bonchev–Trinajstić information content (AvgIpc) is 3.17. The van der Waals surface area contributed by atoms with Crippen molar-refractivity contribution in [1.29, 1.82) is 0 Å². The molecule has 1 amide bonds. The van der Waals surface area contributed by atoms with Gasteiger partial charge in [-0.05, 0) is 18.2 Å². The predicted octanol–water partition coefficient (Wildman–Crippen LogP) is 3.73. The van der Waals surface area contributed by atoms with E-state index < -0.39 is 17.6 Å². The molecule has 134 valence electrons. The Morgan fingerprint density at radius 3 is 2.65 bits per heavy atom. The number of hydrogen-bond donors (Lipinski definition) is 0. The Bertz CT molecular complexity index is 1100. The summed E-state index contributed by atoms with van der Waals surface area (Å²) in [6.45, 7) is 0.154. The van der Waals surface area contributed by atoms with E-state index in [0.717, 1.165) is 22.3 Å². The van der Waals surface area contributed by atoms with Crippen molar-refractivity contribution >= 4 is 27.5 Å². The fourth-order valence-electron chi connectivity index (χ4n) is 2.60. The van der Waals surface area contributed by atoms with Crippen molar-refractivity contribution < 1.29 is 27.4 Å². The van der Waals surface area contributed by atoms with Crippen molar-refractivity contribution in [3.8, 4) is 11.5 Å². The molecule has 0 fully saturated rings. The number of rotatable bonds is 1. The molecule has 3 aromatic rings. The molecule has 1 aliphatic rings. The summed E-state index contributed by atoms with van der Waals surface area (Å²) < 4.78 is 51.6. The second-order valence-electron chi connectivity index (χ2n) is 5.61. The highest BCUT2D eigenvalue weighted by Crippen LogP contribution is 2.36. The van der Waals surface area contributed by atoms with Crippen molar-refractivity contribution in [2.45, 2.75) is 6.18 Å². The van der Waals surface area contributed by atoms with Crippen molar-refractivity contribution in [3.63, 3.8) is 0 Å². The lowest BCUT2D eigenvalue weighted by atomic mass is 10.1. The van der Waals surface area contributed by atoms with E-state index in [2.05, 4.69) is 4.99 Å². The zero-order valence-corrected chi connectivity index (χ0v) is 14.1. The van der Waals surface area contributed by atoms with Crippen LogP contribution in [0.2, 0.25) is 0 Å². The zero-order chi connectivity index (χ0) is 18.5. The van der Waals surface area contributed by atoms with Crippen molar-refractivity contribution in [3.05, 3.63) is 52.3 Å². The highest BCUT2D eigenvalue weighted by atomic mass is 32.1. The van der Waals surface area contributed by atoms with E-state index in [1.54, 1.807) is 23.7 Å². The summed E-state index contributed by atoms with van der Waals surface area (Å²) in [4.78, 5) is 16.7. The largest absolute Gasteiger partial charge is 0.454 e. The van der Waals surface area contributed by atoms with Crippen LogP contribution in [-0.4, -0.2) is 17.3 Å². The second-order valence-corrected chi connectivity index (χ2v) is 6.62. The van der Waals surface area contributed by atoms with Crippen LogP contribution in [0.1, 0.15) is 15.9 Å². The highest BCUT2D eigenvalue weighted by molar-refractivity contribution is 7.16. The smallest absolute Gasteiger partial charge is 0.416 e. The summed E-state index contributed by atoms with van der Waals surface area (Å²) >= 11 is 1.24. The number of ether oxygens (including phenoxy) is 2. The summed E-state index contributed by atoms with van der Waals surface area (Å²) in [5, 5.41) is 0. The van der Waals surface area contributed by atoms with Crippen LogP contribution in [0, 0.1) is 0 Å². The van der Waals surface area contributed by atoms with Gasteiger partial charge in [0.25, 0.3) is 5.91 Å². The molecule has 0 aliphatic carbocycles. The molecule has 0 atom stereocenters. The average molecular weight is 380 g/mol. The molecule has 0 spiro atoms. The van der Waals surface area contributed by atoms with Crippen molar-refractivity contribution in [1.82, 2.24) is 4.57 Å². The number of benzene rings is 2. The monoisotopic (exact) mass is 380 g/mol. The number of amides is 1. The summed E-state index contributed by atoms with van der Waals surface area (Å²) in [6.07, 6.45) is -4.51. The lowest BCUT2D eigenvalue weighted by molar-refractivity contribution is -0.137. The van der Waals surface area contributed by atoms with Crippen LogP contribution in [0.15, 0.2) is 41.4 Å². The van der Waals surface area contributed by atoms with E-state index in [9.17, 15) is 18.0 Å². The van der Waals surface area contributed by atoms with E-state index in [4.69, 9.17) is 9.47 Å². The van der Waals surface area contributed by atoms with Crippen LogP contribution >= 0.6 is 11.3 Å². The third kappa shape index (κ3) is 2.84. The molecule has 0 bridgehead atoms. The van der Waals surface area contributed by atoms with Crippen LogP contribution < -0.4 is 14.3 Å². The van der Waals surface area contributed by atoms with Gasteiger partial charge in [0.2, 0.25) is 6.79 Å². The number of hydrogen-bond acceptors (Lipinski definition) is 4. The summed E-state index contributed by atoms with van der Waals surface area (Å²) in [7, 11) is 1.72. The van der Waals surface area contributed by atoms with E-state index in [-0.39, 0.29) is 12.4 Å². The molecule has 1 aromatic heterocycles. The minimum absolute atomic E-state index is 0.119. The number of halogens is 3. The lowest BCUT2D eigenvalue weighted by Crippen LogP contribution is -2.14. The van der Waals surface area contributed by atoms with Gasteiger partial charge in [-0.1, -0.05) is 17.4 Å². The fraction of sp³-hybridized carbons (Fsp3) is 0.176. The van der Waals surface area contributed by atoms with Crippen LogP contribution in [-0.2, 0) is 13.2 Å². The summed E-state index contributed by atoms with van der Waals surface area (Å²) in [6, 6.07) is 7.78. The Morgan fingerprint density at radius 1 is 1.19 bits per heavy atom. The van der Waals surface area contributed by atoms with Crippen molar-refractivity contribution in [2.24, 2.45) is 12.0 Å². The Balaban J connectivity index is 1.77. The van der Waals surface area contributed by atoms with E-state index >= 15 is 0 Å². The number of thiazole rings is 1. The molecule has 0 N–H and O–H groups in total. The maximum atomic E-state index is 12.8. The second kappa shape index (κ2) is 5.87. The minimum Gasteiger partial charge on any atom is -0.454 e. The molecule has 0 saturated carbocycles. The van der Waals surface area contributed by atoms with Gasteiger partial charge in [0.1, 0.15) is 0 Å². The molecular weight excluding hydrogens is 369 g/mol. The first-order valence-electron chi connectivity index (χ1n) is 7.48. The van der Waals surface area contributed by atoms with E-state index in [0.29, 0.717) is 16.3 Å². The van der Waals surface area contributed by atoms with E-state index in [1.165, 1.54) is 23.5 Å². The lowest BCUT2D eigenvalue weighted by Gasteiger charge is -2.06. The third-order valence-electron chi connectivity index (χ3n) is 3.94. The van der Waals surface area contributed by atoms with Gasteiger partial charge in [0.15, 0.2) is 16.3 Å². The topological polar surface area (TPSA) is 52.8 Å². The SMILES string of the molecule is Cn1c(=NC(=O)c2cccc(C(F)(F)F)c2)sc2cc3c(cc21)OCO3. The first kappa shape index (κ1) is 16.6. The molecular formula is C17H11F3N2O3S. The van der Waals surface area contributed by atoms with E-state index in [1.807, 2.05) is 0 Å². The van der Waals surface area contributed by atoms with Crippen molar-refractivity contribution in [2.75, 3.05) is 6.79 Å². The standard InChI is InChI=1S/C17H11F3N2O3S/c1-22-11-6-12-13(25-8-24-12)7-14(11)26-16(22)21-15(23)9-3-2-4-10(5-9)17(18,19)20/h2-7H,8H2,1H3. The van der Waals surface area contributed by atoms with Crippen LogP contribution in [0.5, 0.6) is 11.5 Å². The van der Waals surface area contributed by atoms with Crippen LogP contribution in [0.25, 0.3) is 10.2 Å². The Kier molecular flexibility index (Phi) is 3.76. The summed E-state index contributed by atoms with van der Waals surface area (Å²) in [5.74, 6) is 0.468. The number of aromatic nitrogens is 1. The molecule has 5 nitrogen and oxygen atoms in total. The minimum atomic E-state index is -4.51. The Labute approximate surface area is 148 Å². The first-order chi connectivity index (χ1) is 12.3. The molecule has 0 radical (unpaired) electrons. The quantitative estimate of drug-likeness (QED) is 0.647. The van der Waals surface area contributed by atoms with Gasteiger partial charge >= 0.3 is 6.18 Å². The number of nitrogens with zero attached hydrogens (tertiary/aromatic N) is 2. The number of alkyl halides is 3. The van der Waals surface area contributed by atoms with Gasteiger partial charge in [0.05, 0.1) is 15.8 Å². The molecule has 9 heteroatoms. The highest BCUT2D eigenvalue weighted by Gasteiger charge is 2.30. The van der Waals surface area contributed by atoms with Gasteiger partial charge in [-0.2, -0.15) is 18.2 Å². The molecule has 2 aromatic carbocycles. The Hall–Kier alpha value is -2.81. The van der Waals surface area contributed by atoms with Gasteiger partial charge < -0.3 is 14.0 Å². The van der Waals surface area contributed by atoms with Crippen LogP contribution in [0.3, 0.4) is 0 Å². The maximum Gasteiger partial charge on any atom is 0.416 e. The normalized spacial score (nSPS) is 14.2. The molecule has 2 heterocycles. The molecule has 1 aliphatic heterocycles. The zero-order valence-electron chi connectivity index (χ0n) is 13.3. The molecule has 4 rings (SSSR count). The molecule has 26 heavy (non-hydrogen) atoms. The first-order valence-corrected chi connectivity index (χ1v) is 8.30. The Morgan fingerprint density at radius 2 is 1.92 bits per heavy atom.